The van der Waals surface area contributed by atoms with Crippen molar-refractivity contribution in [3.05, 3.63) is 182 Å². The van der Waals surface area contributed by atoms with E-state index in [4.69, 9.17) is 33.8 Å². The zero-order valence-electron chi connectivity index (χ0n) is 29.3. The first kappa shape index (κ1) is 32.0. The maximum atomic E-state index is 6.32. The minimum atomic E-state index is 0.572. The third-order valence-corrected chi connectivity index (χ3v) is 9.39. The highest BCUT2D eigenvalue weighted by Gasteiger charge is 2.19. The van der Waals surface area contributed by atoms with Crippen LogP contribution in [0.5, 0.6) is 0 Å². The Labute approximate surface area is 316 Å². The van der Waals surface area contributed by atoms with Gasteiger partial charge in [0.05, 0.1) is 0 Å². The van der Waals surface area contributed by atoms with Gasteiger partial charge in [-0.3, -0.25) is 0 Å². The maximum absolute atomic E-state index is 6.32. The highest BCUT2D eigenvalue weighted by molar-refractivity contribution is 5.89. The van der Waals surface area contributed by atoms with Crippen molar-refractivity contribution in [3.63, 3.8) is 0 Å². The monoisotopic (exact) mass is 710 g/mol. The molecule has 0 atom stereocenters. The summed E-state index contributed by atoms with van der Waals surface area (Å²) in [5.74, 6) is 2.95. The molecule has 10 aromatic rings. The molecule has 0 amide bonds. The molecule has 0 bridgehead atoms. The molecule has 0 unspecified atom stereocenters. The fourth-order valence-electron chi connectivity index (χ4n) is 6.66. The number of benzene rings is 7. The molecule has 0 fully saturated rings. The summed E-state index contributed by atoms with van der Waals surface area (Å²) in [5, 5.41) is 0. The largest absolute Gasteiger partial charge is 0.436 e. The Kier molecular flexibility index (Phi) is 7.96. The van der Waals surface area contributed by atoms with Crippen LogP contribution >= 0.6 is 0 Å². The third-order valence-electron chi connectivity index (χ3n) is 9.39. The van der Waals surface area contributed by atoms with Crippen LogP contribution in [0.2, 0.25) is 0 Å². The van der Waals surface area contributed by atoms with Crippen molar-refractivity contribution < 1.29 is 8.83 Å². The second-order valence-corrected chi connectivity index (χ2v) is 13.0. The minimum Gasteiger partial charge on any atom is -0.436 e. The molecule has 0 aliphatic carbocycles. The van der Waals surface area contributed by atoms with E-state index in [2.05, 4.69) is 29.2 Å². The molecule has 0 spiro atoms. The lowest BCUT2D eigenvalue weighted by atomic mass is 10.1. The third kappa shape index (κ3) is 6.28. The molecule has 7 aromatic carbocycles. The van der Waals surface area contributed by atoms with Crippen LogP contribution in [0.15, 0.2) is 191 Å². The number of fused-ring (bicyclic) bond motifs is 2. The van der Waals surface area contributed by atoms with Gasteiger partial charge in [0.25, 0.3) is 0 Å². The molecule has 10 rings (SSSR count). The average Bonchev–Trinajstić information content (AvgIpc) is 3.90. The predicted molar refractivity (Wildman–Crippen MR) is 217 cm³/mol. The van der Waals surface area contributed by atoms with Crippen molar-refractivity contribution >= 4 is 39.3 Å². The summed E-state index contributed by atoms with van der Waals surface area (Å²) < 4.78 is 12.6. The Morgan fingerprint density at radius 3 is 1.05 bits per heavy atom. The Balaban J connectivity index is 1.08. The molecule has 0 saturated heterocycles. The number of hydrogen-bond acceptors (Lipinski definition) is 8. The van der Waals surface area contributed by atoms with Crippen LogP contribution < -0.4 is 4.90 Å². The fraction of sp³-hybridized carbons (Fsp3) is 0. The van der Waals surface area contributed by atoms with E-state index in [0.29, 0.717) is 40.4 Å². The normalized spacial score (nSPS) is 11.3. The maximum Gasteiger partial charge on any atom is 0.227 e. The van der Waals surface area contributed by atoms with Crippen molar-refractivity contribution in [2.24, 2.45) is 0 Å². The van der Waals surface area contributed by atoms with Crippen LogP contribution in [0.1, 0.15) is 0 Å². The zero-order valence-corrected chi connectivity index (χ0v) is 29.3. The minimum absolute atomic E-state index is 0.572. The van der Waals surface area contributed by atoms with E-state index >= 15 is 0 Å². The summed E-state index contributed by atoms with van der Waals surface area (Å²) in [6, 6.07) is 60.2. The number of rotatable bonds is 8. The van der Waals surface area contributed by atoms with Gasteiger partial charge in [0, 0.05) is 57.0 Å². The van der Waals surface area contributed by atoms with Crippen LogP contribution in [0, 0.1) is 0 Å². The van der Waals surface area contributed by atoms with Gasteiger partial charge in [-0.1, -0.05) is 97.1 Å². The number of hydrogen-bond donors (Lipinski definition) is 0. The lowest BCUT2D eigenvalue weighted by Crippen LogP contribution is -2.10. The van der Waals surface area contributed by atoms with Gasteiger partial charge >= 0.3 is 0 Å². The van der Waals surface area contributed by atoms with Gasteiger partial charge in [-0.2, -0.15) is 0 Å². The van der Waals surface area contributed by atoms with E-state index in [1.54, 1.807) is 0 Å². The molecule has 0 saturated carbocycles. The van der Waals surface area contributed by atoms with Crippen LogP contribution in [-0.2, 0) is 0 Å². The average molecular weight is 711 g/mol. The lowest BCUT2D eigenvalue weighted by molar-refractivity contribution is 0.620. The van der Waals surface area contributed by atoms with E-state index in [9.17, 15) is 0 Å². The summed E-state index contributed by atoms with van der Waals surface area (Å²) in [7, 11) is 0. The molecule has 55 heavy (non-hydrogen) atoms. The first-order valence-electron chi connectivity index (χ1n) is 17.9. The van der Waals surface area contributed by atoms with Gasteiger partial charge in [-0.25, -0.2) is 24.9 Å². The first-order chi connectivity index (χ1) is 27.2. The van der Waals surface area contributed by atoms with E-state index in [0.717, 1.165) is 55.9 Å². The molecular formula is C47H30N6O2. The van der Waals surface area contributed by atoms with Gasteiger partial charge < -0.3 is 13.7 Å². The van der Waals surface area contributed by atoms with Crippen molar-refractivity contribution in [2.45, 2.75) is 0 Å². The van der Waals surface area contributed by atoms with Gasteiger partial charge in [0.1, 0.15) is 11.0 Å². The molecule has 0 aliphatic heterocycles. The van der Waals surface area contributed by atoms with Crippen LogP contribution in [0.4, 0.5) is 17.1 Å². The fourth-order valence-corrected chi connectivity index (χ4v) is 6.66. The Hall–Kier alpha value is -7.71. The molecule has 3 heterocycles. The first-order valence-corrected chi connectivity index (χ1v) is 17.9. The summed E-state index contributed by atoms with van der Waals surface area (Å²) in [5.41, 5.74) is 10.1. The van der Waals surface area contributed by atoms with E-state index < -0.39 is 0 Å². The lowest BCUT2D eigenvalue weighted by Gasteiger charge is -2.25. The second-order valence-electron chi connectivity index (χ2n) is 13.0. The van der Waals surface area contributed by atoms with Crippen molar-refractivity contribution in [2.75, 3.05) is 4.90 Å². The van der Waals surface area contributed by atoms with Gasteiger partial charge in [-0.05, 0) is 72.8 Å². The number of nitrogens with zero attached hydrogens (tertiary/aromatic N) is 6. The molecule has 8 nitrogen and oxygen atoms in total. The Bertz CT molecular complexity index is 2740. The highest BCUT2D eigenvalue weighted by atomic mass is 16.4. The summed E-state index contributed by atoms with van der Waals surface area (Å²) in [6.45, 7) is 0. The topological polar surface area (TPSA) is 94.0 Å². The molecule has 3 aromatic heterocycles. The SMILES string of the molecule is c1ccc(-c2nc(-c3ccccc3)nc(-c3ccc(N(c4ccc5nc(-c6ccccc6)oc5c4)c4ccc5nc(-c6ccccc6)oc5c4)cc3)n2)cc1. The Morgan fingerprint density at radius 1 is 0.309 bits per heavy atom. The van der Waals surface area contributed by atoms with Crippen molar-refractivity contribution in [1.29, 1.82) is 0 Å². The second kappa shape index (κ2) is 13.7. The van der Waals surface area contributed by atoms with E-state index in [1.807, 2.05) is 158 Å². The van der Waals surface area contributed by atoms with Gasteiger partial charge in [-0.15, -0.1) is 0 Å². The molecule has 0 aliphatic rings. The molecule has 0 radical (unpaired) electrons. The van der Waals surface area contributed by atoms with E-state index in [1.165, 1.54) is 0 Å². The Morgan fingerprint density at radius 2 is 0.655 bits per heavy atom. The number of oxazole rings is 2. The van der Waals surface area contributed by atoms with Crippen molar-refractivity contribution in [1.82, 2.24) is 24.9 Å². The summed E-state index contributed by atoms with van der Waals surface area (Å²) in [6.07, 6.45) is 0. The molecule has 8 heteroatoms. The smallest absolute Gasteiger partial charge is 0.227 e. The van der Waals surface area contributed by atoms with Crippen LogP contribution in [0.3, 0.4) is 0 Å². The predicted octanol–water partition coefficient (Wildman–Crippen LogP) is 12.0. The highest BCUT2D eigenvalue weighted by Crippen LogP contribution is 2.39. The van der Waals surface area contributed by atoms with Crippen LogP contribution in [-0.4, -0.2) is 24.9 Å². The van der Waals surface area contributed by atoms with Crippen LogP contribution in [0.25, 0.3) is 79.3 Å². The van der Waals surface area contributed by atoms with E-state index in [-0.39, 0.29) is 0 Å². The quantitative estimate of drug-likeness (QED) is 0.154. The zero-order chi connectivity index (χ0) is 36.6. The number of aromatic nitrogens is 5. The molecular weight excluding hydrogens is 681 g/mol. The van der Waals surface area contributed by atoms with Crippen molar-refractivity contribution in [3.8, 4) is 57.1 Å². The number of anilines is 3. The molecule has 260 valence electrons. The standard InChI is InChI=1S/C47H30N6O2/c1-5-13-31(14-6-1)43-50-44(32-15-7-2-8-16-32)52-45(51-43)33-21-23-36(24-22-33)53(37-25-27-39-41(29-37)54-46(48-39)34-17-9-3-10-18-34)38-26-28-40-42(30-38)55-47(49-40)35-19-11-4-12-20-35/h1-30H. The van der Waals surface area contributed by atoms with Gasteiger partial charge in [0.2, 0.25) is 11.8 Å². The molecule has 0 N–H and O–H groups in total. The van der Waals surface area contributed by atoms with Gasteiger partial charge in [0.15, 0.2) is 28.6 Å². The summed E-state index contributed by atoms with van der Waals surface area (Å²) in [4.78, 5) is 26.5. The summed E-state index contributed by atoms with van der Waals surface area (Å²) >= 11 is 0.